The summed E-state index contributed by atoms with van der Waals surface area (Å²) in [7, 11) is -0.545. The highest BCUT2D eigenvalue weighted by Crippen LogP contribution is 2.65. The zero-order valence-corrected chi connectivity index (χ0v) is 27.4. The molecule has 11 heteroatoms. The second-order valence-electron chi connectivity index (χ2n) is 14.9. The van der Waals surface area contributed by atoms with Gasteiger partial charge < -0.3 is 29.2 Å². The highest BCUT2D eigenvalue weighted by molar-refractivity contribution is 6.48. The van der Waals surface area contributed by atoms with Gasteiger partial charge in [0.05, 0.1) is 35.5 Å². The Hall–Kier alpha value is -3.70. The van der Waals surface area contributed by atoms with Gasteiger partial charge >= 0.3 is 7.12 Å². The molecule has 6 atom stereocenters. The molecule has 3 saturated carbocycles. The smallest absolute Gasteiger partial charge is 0.404 e. The fourth-order valence-electron chi connectivity index (χ4n) is 8.38. The van der Waals surface area contributed by atoms with E-state index >= 15 is 0 Å². The van der Waals surface area contributed by atoms with Gasteiger partial charge in [-0.05, 0) is 67.1 Å². The molecule has 242 valence electrons. The van der Waals surface area contributed by atoms with E-state index in [2.05, 4.69) is 55.4 Å². The van der Waals surface area contributed by atoms with Crippen LogP contribution in [-0.2, 0) is 25.4 Å². The predicted molar refractivity (Wildman–Crippen MR) is 175 cm³/mol. The van der Waals surface area contributed by atoms with Gasteiger partial charge in [-0.15, -0.1) is 0 Å². The van der Waals surface area contributed by atoms with E-state index < -0.39 is 12.7 Å². The van der Waals surface area contributed by atoms with Crippen molar-refractivity contribution in [1.29, 1.82) is 0 Å². The number of benzene rings is 1. The Morgan fingerprint density at radius 1 is 1.09 bits per heavy atom. The van der Waals surface area contributed by atoms with Crippen LogP contribution in [-0.4, -0.2) is 63.8 Å². The molecule has 3 aliphatic carbocycles. The van der Waals surface area contributed by atoms with Crippen LogP contribution in [0.3, 0.4) is 0 Å². The van der Waals surface area contributed by atoms with Crippen molar-refractivity contribution in [1.82, 2.24) is 20.0 Å². The molecule has 8 rings (SSSR count). The summed E-state index contributed by atoms with van der Waals surface area (Å²) in [6.07, 6.45) is 8.73. The molecule has 4 heterocycles. The Kier molecular flexibility index (Phi) is 7.75. The number of carbonyl (C=O) groups excluding carboxylic acids is 2. The second-order valence-corrected chi connectivity index (χ2v) is 14.9. The van der Waals surface area contributed by atoms with E-state index in [1.807, 2.05) is 36.5 Å². The van der Waals surface area contributed by atoms with Crippen molar-refractivity contribution >= 4 is 30.3 Å². The molecular weight excluding hydrogens is 581 g/mol. The van der Waals surface area contributed by atoms with Crippen molar-refractivity contribution < 1.29 is 23.7 Å². The van der Waals surface area contributed by atoms with E-state index in [4.69, 9.17) is 14.1 Å². The largest absolute Gasteiger partial charge is 0.481 e. The van der Waals surface area contributed by atoms with E-state index in [1.54, 1.807) is 28.9 Å². The number of carbonyl (C=O) groups is 2. The van der Waals surface area contributed by atoms with Crippen LogP contribution in [0.1, 0.15) is 76.2 Å². The fraction of sp³-hybridized carbons (Fsp3) is 0.543. The van der Waals surface area contributed by atoms with Crippen LogP contribution in [0.5, 0.6) is 0 Å². The average Bonchev–Trinajstić information content (AvgIpc) is 3.76. The van der Waals surface area contributed by atoms with E-state index in [1.165, 1.54) is 6.42 Å². The van der Waals surface area contributed by atoms with Gasteiger partial charge in [0.2, 0.25) is 5.60 Å². The first-order chi connectivity index (χ1) is 22.0. The Morgan fingerprint density at radius 2 is 1.89 bits per heavy atom. The van der Waals surface area contributed by atoms with Crippen molar-refractivity contribution in [2.24, 2.45) is 28.3 Å². The summed E-state index contributed by atoms with van der Waals surface area (Å²) in [5.74, 6) is 0.484. The summed E-state index contributed by atoms with van der Waals surface area (Å²) in [5.41, 5.74) is 1.16. The van der Waals surface area contributed by atoms with Crippen LogP contribution < -0.4 is 10.6 Å². The molecule has 2 N–H and O–H groups in total. The highest BCUT2D eigenvalue weighted by atomic mass is 16.7. The molecule has 0 radical (unpaired) electrons. The first kappa shape index (κ1) is 30.9. The van der Waals surface area contributed by atoms with Crippen LogP contribution in [0.15, 0.2) is 66.2 Å². The van der Waals surface area contributed by atoms with Crippen molar-refractivity contribution in [3.8, 4) is 0 Å². The number of amides is 2. The third-order valence-corrected chi connectivity index (χ3v) is 11.0. The number of hydrogen-bond donors (Lipinski definition) is 2. The lowest BCUT2D eigenvalue weighted by atomic mass is 9.43. The van der Waals surface area contributed by atoms with Crippen LogP contribution in [0.25, 0.3) is 5.65 Å². The normalized spacial score (nSPS) is 29.9. The molecule has 46 heavy (non-hydrogen) atoms. The van der Waals surface area contributed by atoms with Crippen molar-refractivity contribution in [2.75, 3.05) is 6.54 Å². The Morgan fingerprint density at radius 3 is 2.65 bits per heavy atom. The highest BCUT2D eigenvalue weighted by Gasteiger charge is 2.68. The number of nitrogens with zero attached hydrogens (tertiary/aromatic N) is 3. The molecule has 2 amide bonds. The minimum atomic E-state index is -1.28. The summed E-state index contributed by atoms with van der Waals surface area (Å²) >= 11 is 0. The van der Waals surface area contributed by atoms with Gasteiger partial charge in [-0.25, -0.2) is 4.98 Å². The number of aromatic nitrogens is 2. The average molecular weight is 626 g/mol. The molecule has 5 aliphatic rings. The molecule has 2 bridgehead atoms. The van der Waals surface area contributed by atoms with E-state index in [0.29, 0.717) is 47.5 Å². The third kappa shape index (κ3) is 5.31. The number of fused-ring (bicyclic) bond motifs is 1. The summed E-state index contributed by atoms with van der Waals surface area (Å²) in [5, 5.41) is 10.6. The molecule has 1 aromatic carbocycles. The molecule has 2 aromatic heterocycles. The summed E-state index contributed by atoms with van der Waals surface area (Å²) in [4.78, 5) is 37.9. The topological polar surface area (TPSA) is 116 Å². The first-order valence-corrected chi connectivity index (χ1v) is 16.6. The first-order valence-electron chi connectivity index (χ1n) is 16.6. The van der Waals surface area contributed by atoms with Gasteiger partial charge in [-0.2, -0.15) is 0 Å². The van der Waals surface area contributed by atoms with Gasteiger partial charge in [-0.3, -0.25) is 9.59 Å². The fourth-order valence-corrected chi connectivity index (χ4v) is 8.38. The maximum Gasteiger partial charge on any atom is 0.481 e. The molecule has 1 unspecified atom stereocenters. The molecule has 4 fully saturated rings. The van der Waals surface area contributed by atoms with Crippen molar-refractivity contribution in [3.63, 3.8) is 0 Å². The van der Waals surface area contributed by atoms with Crippen LogP contribution >= 0.6 is 0 Å². The number of pyridine rings is 1. The minimum Gasteiger partial charge on any atom is -0.404 e. The van der Waals surface area contributed by atoms with Gasteiger partial charge in [0.15, 0.2) is 0 Å². The molecule has 0 spiro atoms. The maximum atomic E-state index is 14.4. The van der Waals surface area contributed by atoms with Gasteiger partial charge in [0, 0.05) is 31.4 Å². The van der Waals surface area contributed by atoms with Crippen molar-refractivity contribution in [2.45, 2.75) is 90.0 Å². The van der Waals surface area contributed by atoms with Gasteiger partial charge in [0.1, 0.15) is 5.65 Å². The van der Waals surface area contributed by atoms with Crippen molar-refractivity contribution in [3.05, 3.63) is 72.2 Å². The van der Waals surface area contributed by atoms with E-state index in [0.717, 1.165) is 12.0 Å². The SMILES string of the molecule is CC(C)C[C@H](NC(=O)C1(Cc2ccccc2)CC(CNC(=O)c2cccn3ccnc23)=NO1)B1O[C@@H]2C[C@@H]3C[C@@H](C3(C)C)[C@]2(C)O1. The zero-order valence-electron chi connectivity index (χ0n) is 27.4. The Bertz CT molecular complexity index is 1660. The molecular formula is C35H44BN5O5. The molecule has 2 aliphatic heterocycles. The second kappa shape index (κ2) is 11.5. The molecule has 10 nitrogen and oxygen atoms in total. The maximum absolute atomic E-state index is 14.4. The number of imidazole rings is 1. The van der Waals surface area contributed by atoms with Gasteiger partial charge in [-0.1, -0.05) is 63.2 Å². The lowest BCUT2D eigenvalue weighted by Crippen LogP contribution is -2.65. The van der Waals surface area contributed by atoms with Crippen LogP contribution in [0.4, 0.5) is 0 Å². The summed E-state index contributed by atoms with van der Waals surface area (Å²) in [6, 6.07) is 13.4. The Balaban J connectivity index is 1.08. The lowest BCUT2D eigenvalue weighted by molar-refractivity contribution is -0.199. The number of hydrogen-bond acceptors (Lipinski definition) is 7. The van der Waals surface area contributed by atoms with E-state index in [-0.39, 0.29) is 47.8 Å². The van der Waals surface area contributed by atoms with Crippen LogP contribution in [0.2, 0.25) is 0 Å². The summed E-state index contributed by atoms with van der Waals surface area (Å²) in [6.45, 7) is 11.3. The minimum absolute atomic E-state index is 0.0215. The lowest BCUT2D eigenvalue weighted by Gasteiger charge is -2.64. The standard InChI is InChI=1S/C35H44BN5O5/c1-22(2)16-29(36-44-28-18-24-17-27(33(24,3)4)34(28,5)45-36)39-32(43)35(19-23-10-7-6-8-11-23)20-25(40-46-35)21-38-31(42)26-12-9-14-41-15-13-37-30(26)41/h6-15,22,24,27-29H,16-21H2,1-5H3,(H,38,42)(H,39,43)/t24-,27-,28+,29-,34-,35?/m0/s1. The number of oxime groups is 1. The third-order valence-electron chi connectivity index (χ3n) is 11.0. The number of rotatable bonds is 10. The predicted octanol–water partition coefficient (Wildman–Crippen LogP) is 4.62. The van der Waals surface area contributed by atoms with Crippen LogP contribution in [0, 0.1) is 23.2 Å². The zero-order chi connectivity index (χ0) is 32.3. The van der Waals surface area contributed by atoms with E-state index in [9.17, 15) is 9.59 Å². The quantitative estimate of drug-likeness (QED) is 0.318. The molecule has 3 aromatic rings. The summed E-state index contributed by atoms with van der Waals surface area (Å²) < 4.78 is 15.2. The molecule has 1 saturated heterocycles. The number of nitrogens with one attached hydrogen (secondary N) is 2. The van der Waals surface area contributed by atoms with Gasteiger partial charge in [0.25, 0.3) is 11.8 Å². The Labute approximate surface area is 270 Å². The monoisotopic (exact) mass is 625 g/mol.